The zero-order valence-corrected chi connectivity index (χ0v) is 13.6. The van der Waals surface area contributed by atoms with E-state index in [1.807, 2.05) is 49.4 Å². The molecule has 2 aromatic carbocycles. The van der Waals surface area contributed by atoms with Crippen LogP contribution in [-0.2, 0) is 4.79 Å². The highest BCUT2D eigenvalue weighted by atomic mass is 16.4. The number of nitrogens with zero attached hydrogens (tertiary/aromatic N) is 1. The molecule has 0 heterocycles. The van der Waals surface area contributed by atoms with Crippen molar-refractivity contribution in [3.8, 4) is 11.1 Å². The third-order valence-corrected chi connectivity index (χ3v) is 3.80. The Balaban J connectivity index is 2.46. The molecule has 24 heavy (non-hydrogen) atoms. The zero-order valence-electron chi connectivity index (χ0n) is 13.6. The van der Waals surface area contributed by atoms with Gasteiger partial charge < -0.3 is 15.1 Å². The summed E-state index contributed by atoms with van der Waals surface area (Å²) in [7, 11) is 0. The van der Waals surface area contributed by atoms with E-state index in [2.05, 4.69) is 0 Å². The number of aliphatic hydroxyl groups excluding tert-OH is 1. The minimum Gasteiger partial charge on any atom is -0.480 e. The highest BCUT2D eigenvalue weighted by molar-refractivity contribution is 6.02. The van der Waals surface area contributed by atoms with Gasteiger partial charge in [0, 0.05) is 12.1 Å². The number of aliphatic hydroxyl groups is 1. The van der Waals surface area contributed by atoms with E-state index in [-0.39, 0.29) is 6.54 Å². The summed E-state index contributed by atoms with van der Waals surface area (Å²) in [4.78, 5) is 25.6. The molecule has 5 nitrogen and oxygen atoms in total. The molecule has 1 atom stereocenters. The average molecular weight is 327 g/mol. The molecule has 1 amide bonds. The molecule has 126 valence electrons. The minimum absolute atomic E-state index is 0.263. The fraction of sp³-hybridized carbons (Fsp3) is 0.263. The zero-order chi connectivity index (χ0) is 17.5. The lowest BCUT2D eigenvalue weighted by Gasteiger charge is -2.28. The van der Waals surface area contributed by atoms with Gasteiger partial charge in [-0.25, -0.2) is 4.79 Å². The van der Waals surface area contributed by atoms with Gasteiger partial charge in [-0.1, -0.05) is 55.5 Å². The Morgan fingerprint density at radius 1 is 1.04 bits per heavy atom. The predicted molar refractivity (Wildman–Crippen MR) is 91.7 cm³/mol. The Morgan fingerprint density at radius 3 is 2.25 bits per heavy atom. The van der Waals surface area contributed by atoms with Crippen LogP contribution in [0.15, 0.2) is 54.6 Å². The lowest BCUT2D eigenvalue weighted by atomic mass is 9.98. The molecule has 0 aliphatic heterocycles. The van der Waals surface area contributed by atoms with E-state index < -0.39 is 24.5 Å². The van der Waals surface area contributed by atoms with Crippen LogP contribution in [0.3, 0.4) is 0 Å². The van der Waals surface area contributed by atoms with Crippen molar-refractivity contribution in [2.24, 2.45) is 0 Å². The van der Waals surface area contributed by atoms with Gasteiger partial charge in [0.05, 0.1) is 6.61 Å². The number of carboxylic acid groups (broad SMARTS) is 1. The van der Waals surface area contributed by atoms with Gasteiger partial charge in [-0.05, 0) is 23.6 Å². The third kappa shape index (κ3) is 3.81. The number of rotatable bonds is 7. The molecule has 2 rings (SSSR count). The monoisotopic (exact) mass is 327 g/mol. The van der Waals surface area contributed by atoms with Crippen molar-refractivity contribution < 1.29 is 19.8 Å². The Labute approximate surface area is 141 Å². The van der Waals surface area contributed by atoms with Gasteiger partial charge >= 0.3 is 5.97 Å². The topological polar surface area (TPSA) is 77.8 Å². The van der Waals surface area contributed by atoms with Crippen LogP contribution in [0.5, 0.6) is 0 Å². The quantitative estimate of drug-likeness (QED) is 0.819. The number of amides is 1. The molecule has 0 fully saturated rings. The number of hydrogen-bond acceptors (Lipinski definition) is 3. The highest BCUT2D eigenvalue weighted by Gasteiger charge is 2.30. The van der Waals surface area contributed by atoms with E-state index in [9.17, 15) is 19.8 Å². The second kappa shape index (κ2) is 8.26. The molecule has 2 aromatic rings. The summed E-state index contributed by atoms with van der Waals surface area (Å²) < 4.78 is 0. The first-order chi connectivity index (χ1) is 11.6. The van der Waals surface area contributed by atoms with Crippen LogP contribution in [-0.4, -0.2) is 46.2 Å². The van der Waals surface area contributed by atoms with E-state index in [1.54, 1.807) is 12.1 Å². The van der Waals surface area contributed by atoms with Crippen LogP contribution < -0.4 is 0 Å². The standard InChI is InChI=1S/C19H21NO4/c1-2-12-20(17(13-21)19(23)24)18(22)16-11-7-6-10-15(16)14-8-4-3-5-9-14/h3-11,17,21H,2,12-13H2,1H3,(H,23,24). The highest BCUT2D eigenvalue weighted by Crippen LogP contribution is 2.25. The van der Waals surface area contributed by atoms with E-state index in [1.165, 1.54) is 4.90 Å². The lowest BCUT2D eigenvalue weighted by molar-refractivity contribution is -0.143. The van der Waals surface area contributed by atoms with E-state index >= 15 is 0 Å². The van der Waals surface area contributed by atoms with Gasteiger partial charge in [0.15, 0.2) is 6.04 Å². The molecule has 0 aliphatic rings. The SMILES string of the molecule is CCCN(C(=O)c1ccccc1-c1ccccc1)C(CO)C(=O)O. The molecule has 0 saturated heterocycles. The second-order valence-corrected chi connectivity index (χ2v) is 5.45. The van der Waals surface area contributed by atoms with E-state index in [0.29, 0.717) is 12.0 Å². The molecule has 0 radical (unpaired) electrons. The number of aliphatic carboxylic acids is 1. The van der Waals surface area contributed by atoms with Gasteiger partial charge in [0.2, 0.25) is 0 Å². The lowest BCUT2D eigenvalue weighted by Crippen LogP contribution is -2.47. The first-order valence-corrected chi connectivity index (χ1v) is 7.89. The smallest absolute Gasteiger partial charge is 0.328 e. The number of hydrogen-bond donors (Lipinski definition) is 2. The van der Waals surface area contributed by atoms with Crippen molar-refractivity contribution in [2.75, 3.05) is 13.2 Å². The first kappa shape index (κ1) is 17.7. The maximum atomic E-state index is 13.0. The largest absolute Gasteiger partial charge is 0.480 e. The van der Waals surface area contributed by atoms with Crippen molar-refractivity contribution >= 4 is 11.9 Å². The Morgan fingerprint density at radius 2 is 1.67 bits per heavy atom. The maximum absolute atomic E-state index is 13.0. The number of benzene rings is 2. The number of carbonyl (C=O) groups excluding carboxylic acids is 1. The molecule has 2 N–H and O–H groups in total. The van der Waals surface area contributed by atoms with Crippen LogP contribution in [0.4, 0.5) is 0 Å². The van der Waals surface area contributed by atoms with Gasteiger partial charge in [-0.2, -0.15) is 0 Å². The van der Waals surface area contributed by atoms with Gasteiger partial charge in [0.25, 0.3) is 5.91 Å². The Kier molecular flexibility index (Phi) is 6.09. The van der Waals surface area contributed by atoms with Crippen molar-refractivity contribution in [1.82, 2.24) is 4.90 Å². The van der Waals surface area contributed by atoms with Crippen LogP contribution in [0, 0.1) is 0 Å². The summed E-state index contributed by atoms with van der Waals surface area (Å²) in [6.45, 7) is 1.51. The Bertz CT molecular complexity index is 700. The molecular formula is C19H21NO4. The van der Waals surface area contributed by atoms with Crippen molar-refractivity contribution in [3.05, 3.63) is 60.2 Å². The van der Waals surface area contributed by atoms with Crippen LogP contribution in [0.25, 0.3) is 11.1 Å². The molecule has 1 unspecified atom stereocenters. The molecule has 0 bridgehead atoms. The van der Waals surface area contributed by atoms with Crippen molar-refractivity contribution in [1.29, 1.82) is 0 Å². The average Bonchev–Trinajstić information content (AvgIpc) is 2.61. The second-order valence-electron chi connectivity index (χ2n) is 5.45. The summed E-state index contributed by atoms with van der Waals surface area (Å²) in [5, 5.41) is 18.7. The van der Waals surface area contributed by atoms with E-state index in [4.69, 9.17) is 0 Å². The molecule has 0 aromatic heterocycles. The summed E-state index contributed by atoms with van der Waals surface area (Å²) >= 11 is 0. The fourth-order valence-electron chi connectivity index (χ4n) is 2.64. The minimum atomic E-state index is -1.25. The predicted octanol–water partition coefficient (Wildman–Crippen LogP) is 2.65. The van der Waals surface area contributed by atoms with Crippen LogP contribution in [0.1, 0.15) is 23.7 Å². The van der Waals surface area contributed by atoms with Crippen LogP contribution >= 0.6 is 0 Å². The van der Waals surface area contributed by atoms with Gasteiger partial charge in [-0.15, -0.1) is 0 Å². The normalized spacial score (nSPS) is 11.8. The summed E-state index contributed by atoms with van der Waals surface area (Å²) in [6.07, 6.45) is 0.600. The summed E-state index contributed by atoms with van der Waals surface area (Å²) in [5.41, 5.74) is 2.05. The fourth-order valence-corrected chi connectivity index (χ4v) is 2.64. The molecule has 0 aliphatic carbocycles. The first-order valence-electron chi connectivity index (χ1n) is 7.89. The molecular weight excluding hydrogens is 306 g/mol. The third-order valence-electron chi connectivity index (χ3n) is 3.80. The molecule has 5 heteroatoms. The molecule has 0 spiro atoms. The van der Waals surface area contributed by atoms with Gasteiger partial charge in [-0.3, -0.25) is 4.79 Å². The van der Waals surface area contributed by atoms with Crippen LogP contribution in [0.2, 0.25) is 0 Å². The van der Waals surface area contributed by atoms with Crippen molar-refractivity contribution in [3.63, 3.8) is 0 Å². The summed E-state index contributed by atoms with van der Waals surface area (Å²) in [6, 6.07) is 15.3. The Hall–Kier alpha value is -2.66. The summed E-state index contributed by atoms with van der Waals surface area (Å²) in [5.74, 6) is -1.60. The molecule has 0 saturated carbocycles. The van der Waals surface area contributed by atoms with Crippen molar-refractivity contribution in [2.45, 2.75) is 19.4 Å². The number of carbonyl (C=O) groups is 2. The van der Waals surface area contributed by atoms with E-state index in [0.717, 1.165) is 11.1 Å². The number of carboxylic acids is 1. The van der Waals surface area contributed by atoms with Gasteiger partial charge in [0.1, 0.15) is 0 Å². The maximum Gasteiger partial charge on any atom is 0.328 e.